The van der Waals surface area contributed by atoms with E-state index in [9.17, 15) is 4.79 Å². The highest BCUT2D eigenvalue weighted by molar-refractivity contribution is 6.08. The van der Waals surface area contributed by atoms with Gasteiger partial charge < -0.3 is 15.4 Å². The second-order valence-corrected chi connectivity index (χ2v) is 7.05. The van der Waals surface area contributed by atoms with Crippen molar-refractivity contribution in [2.45, 2.75) is 20.0 Å². The van der Waals surface area contributed by atoms with Crippen molar-refractivity contribution in [2.75, 3.05) is 10.6 Å². The van der Waals surface area contributed by atoms with E-state index in [2.05, 4.69) is 20.6 Å². The number of anilines is 3. The molecule has 2 aromatic heterocycles. The molecule has 2 aromatic carbocycles. The summed E-state index contributed by atoms with van der Waals surface area (Å²) in [4.78, 5) is 21.4. The number of nitrogens with one attached hydrogen (secondary N) is 2. The number of pyridine rings is 2. The molecule has 6 heteroatoms. The van der Waals surface area contributed by atoms with Crippen molar-refractivity contribution >= 4 is 34.0 Å². The Kier molecular flexibility index (Phi) is 5.57. The third-order valence-electron chi connectivity index (χ3n) is 4.42. The topological polar surface area (TPSA) is 76.1 Å². The van der Waals surface area contributed by atoms with Crippen LogP contribution in [0.2, 0.25) is 0 Å². The first-order valence-corrected chi connectivity index (χ1v) is 9.74. The summed E-state index contributed by atoms with van der Waals surface area (Å²) in [6.45, 7) is 3.96. The fraction of sp³-hybridized carbons (Fsp3) is 0.125. The van der Waals surface area contributed by atoms with Crippen LogP contribution in [0.1, 0.15) is 24.2 Å². The Hall–Kier alpha value is -3.93. The van der Waals surface area contributed by atoms with Gasteiger partial charge in [-0.3, -0.25) is 9.78 Å². The maximum absolute atomic E-state index is 12.7. The van der Waals surface area contributed by atoms with Gasteiger partial charge in [-0.1, -0.05) is 30.3 Å². The monoisotopic (exact) mass is 398 g/mol. The molecule has 0 radical (unpaired) electrons. The molecule has 2 heterocycles. The molecular weight excluding hydrogens is 376 g/mol. The lowest BCUT2D eigenvalue weighted by Crippen LogP contribution is -2.13. The van der Waals surface area contributed by atoms with E-state index in [-0.39, 0.29) is 12.0 Å². The van der Waals surface area contributed by atoms with E-state index in [1.165, 1.54) is 0 Å². The molecule has 4 aromatic rings. The maximum Gasteiger partial charge on any atom is 0.257 e. The summed E-state index contributed by atoms with van der Waals surface area (Å²) < 4.78 is 5.82. The second kappa shape index (κ2) is 8.61. The zero-order valence-corrected chi connectivity index (χ0v) is 16.8. The molecular formula is C24H22N4O2. The van der Waals surface area contributed by atoms with Gasteiger partial charge in [0, 0.05) is 17.8 Å². The Morgan fingerprint density at radius 1 is 0.900 bits per heavy atom. The SMILES string of the molecule is CC(C)Oc1ccccc1Nc1ccc(C(=O)Nc2cccc3cccnc23)cn1. The van der Waals surface area contributed by atoms with Gasteiger partial charge in [0.15, 0.2) is 0 Å². The lowest BCUT2D eigenvalue weighted by molar-refractivity contribution is 0.102. The number of ether oxygens (including phenoxy) is 1. The molecule has 0 aliphatic rings. The van der Waals surface area contributed by atoms with Crippen molar-refractivity contribution in [3.05, 3.63) is 84.7 Å². The predicted molar refractivity (Wildman–Crippen MR) is 119 cm³/mol. The first-order chi connectivity index (χ1) is 14.6. The molecule has 4 rings (SSSR count). The Labute approximate surface area is 175 Å². The molecule has 1 amide bonds. The fourth-order valence-electron chi connectivity index (χ4n) is 3.07. The van der Waals surface area contributed by atoms with Crippen molar-refractivity contribution in [3.63, 3.8) is 0 Å². The lowest BCUT2D eigenvalue weighted by atomic mass is 10.2. The number of aromatic nitrogens is 2. The number of amides is 1. The molecule has 0 unspecified atom stereocenters. The molecule has 0 spiro atoms. The number of carbonyl (C=O) groups is 1. The van der Waals surface area contributed by atoms with Crippen LogP contribution in [0.5, 0.6) is 5.75 Å². The minimum atomic E-state index is -0.240. The maximum atomic E-state index is 12.7. The summed E-state index contributed by atoms with van der Waals surface area (Å²) >= 11 is 0. The van der Waals surface area contributed by atoms with Crippen molar-refractivity contribution in [1.82, 2.24) is 9.97 Å². The van der Waals surface area contributed by atoms with Gasteiger partial charge in [-0.25, -0.2) is 4.98 Å². The summed E-state index contributed by atoms with van der Waals surface area (Å²) in [6, 6.07) is 20.7. The molecule has 30 heavy (non-hydrogen) atoms. The van der Waals surface area contributed by atoms with Crippen LogP contribution in [-0.4, -0.2) is 22.0 Å². The van der Waals surface area contributed by atoms with Crippen LogP contribution in [0.3, 0.4) is 0 Å². The van der Waals surface area contributed by atoms with E-state index >= 15 is 0 Å². The molecule has 0 saturated carbocycles. The summed E-state index contributed by atoms with van der Waals surface area (Å²) in [5, 5.41) is 7.13. The molecule has 0 bridgehead atoms. The summed E-state index contributed by atoms with van der Waals surface area (Å²) in [5.74, 6) is 1.13. The molecule has 0 saturated heterocycles. The lowest BCUT2D eigenvalue weighted by Gasteiger charge is -2.15. The van der Waals surface area contributed by atoms with Crippen LogP contribution >= 0.6 is 0 Å². The Morgan fingerprint density at radius 3 is 2.50 bits per heavy atom. The zero-order valence-electron chi connectivity index (χ0n) is 16.8. The first kappa shape index (κ1) is 19.4. The number of rotatable bonds is 6. The molecule has 0 aliphatic carbocycles. The second-order valence-electron chi connectivity index (χ2n) is 7.05. The average Bonchev–Trinajstić information content (AvgIpc) is 2.75. The molecule has 2 N–H and O–H groups in total. The van der Waals surface area contributed by atoms with Crippen LogP contribution in [0, 0.1) is 0 Å². The molecule has 0 aliphatic heterocycles. The van der Waals surface area contributed by atoms with Gasteiger partial charge in [-0.2, -0.15) is 0 Å². The number of para-hydroxylation sites is 3. The van der Waals surface area contributed by atoms with E-state index < -0.39 is 0 Å². The smallest absolute Gasteiger partial charge is 0.257 e. The van der Waals surface area contributed by atoms with Gasteiger partial charge in [-0.05, 0) is 50.2 Å². The highest BCUT2D eigenvalue weighted by Crippen LogP contribution is 2.27. The molecule has 0 atom stereocenters. The number of carbonyl (C=O) groups excluding carboxylic acids is 1. The summed E-state index contributed by atoms with van der Waals surface area (Å²) in [5.41, 5.74) is 2.69. The van der Waals surface area contributed by atoms with Crippen LogP contribution in [-0.2, 0) is 0 Å². The normalized spacial score (nSPS) is 10.8. The zero-order chi connectivity index (χ0) is 20.9. The standard InChI is InChI=1S/C24H22N4O2/c1-16(2)30-21-11-4-3-9-19(21)27-22-13-12-18(15-26-22)24(29)28-20-10-5-7-17-8-6-14-25-23(17)20/h3-16H,1-2H3,(H,26,27)(H,28,29). The molecule has 150 valence electrons. The average molecular weight is 398 g/mol. The van der Waals surface area contributed by atoms with Gasteiger partial charge in [0.25, 0.3) is 5.91 Å². The fourth-order valence-corrected chi connectivity index (χ4v) is 3.07. The highest BCUT2D eigenvalue weighted by Gasteiger charge is 2.11. The molecule has 6 nitrogen and oxygen atoms in total. The van der Waals surface area contributed by atoms with Crippen molar-refractivity contribution in [2.24, 2.45) is 0 Å². The van der Waals surface area contributed by atoms with Crippen LogP contribution in [0.4, 0.5) is 17.2 Å². The highest BCUT2D eigenvalue weighted by atomic mass is 16.5. The van der Waals surface area contributed by atoms with E-state index in [1.807, 2.05) is 68.4 Å². The van der Waals surface area contributed by atoms with Crippen LogP contribution in [0.25, 0.3) is 10.9 Å². The number of fused-ring (bicyclic) bond motifs is 1. The first-order valence-electron chi connectivity index (χ1n) is 9.74. The van der Waals surface area contributed by atoms with Gasteiger partial charge in [0.05, 0.1) is 28.6 Å². The minimum Gasteiger partial charge on any atom is -0.489 e. The molecule has 0 fully saturated rings. The van der Waals surface area contributed by atoms with E-state index in [0.717, 1.165) is 22.3 Å². The van der Waals surface area contributed by atoms with E-state index in [4.69, 9.17) is 4.74 Å². The van der Waals surface area contributed by atoms with Gasteiger partial charge in [-0.15, -0.1) is 0 Å². The largest absolute Gasteiger partial charge is 0.489 e. The minimum absolute atomic E-state index is 0.0653. The third-order valence-corrected chi connectivity index (χ3v) is 4.42. The quantitative estimate of drug-likeness (QED) is 0.454. The summed E-state index contributed by atoms with van der Waals surface area (Å²) in [7, 11) is 0. The predicted octanol–water partition coefficient (Wildman–Crippen LogP) is 5.41. The van der Waals surface area contributed by atoms with Crippen LogP contribution in [0.15, 0.2) is 79.1 Å². The van der Waals surface area contributed by atoms with Crippen molar-refractivity contribution < 1.29 is 9.53 Å². The summed E-state index contributed by atoms with van der Waals surface area (Å²) in [6.07, 6.45) is 3.32. The third kappa shape index (κ3) is 4.38. The Balaban J connectivity index is 1.49. The number of hydrogen-bond acceptors (Lipinski definition) is 5. The number of benzene rings is 2. The number of nitrogens with zero attached hydrogens (tertiary/aromatic N) is 2. The van der Waals surface area contributed by atoms with Crippen molar-refractivity contribution in [1.29, 1.82) is 0 Å². The van der Waals surface area contributed by atoms with Crippen molar-refractivity contribution in [3.8, 4) is 5.75 Å². The van der Waals surface area contributed by atoms with Gasteiger partial charge >= 0.3 is 0 Å². The van der Waals surface area contributed by atoms with Gasteiger partial charge in [0.1, 0.15) is 11.6 Å². The van der Waals surface area contributed by atoms with E-state index in [0.29, 0.717) is 17.1 Å². The Morgan fingerprint density at radius 2 is 1.70 bits per heavy atom. The van der Waals surface area contributed by atoms with Crippen LogP contribution < -0.4 is 15.4 Å². The van der Waals surface area contributed by atoms with Gasteiger partial charge in [0.2, 0.25) is 0 Å². The van der Waals surface area contributed by atoms with E-state index in [1.54, 1.807) is 24.5 Å². The Bertz CT molecular complexity index is 1170. The number of hydrogen-bond donors (Lipinski definition) is 2.